The van der Waals surface area contributed by atoms with Gasteiger partial charge in [0.2, 0.25) is 0 Å². The third-order valence-electron chi connectivity index (χ3n) is 4.51. The lowest BCUT2D eigenvalue weighted by molar-refractivity contribution is -0.133. The number of amides is 2. The monoisotopic (exact) mass is 405 g/mol. The smallest absolute Gasteiger partial charge is 0.324 e. The van der Waals surface area contributed by atoms with Crippen molar-refractivity contribution in [2.24, 2.45) is 0 Å². The molecule has 0 bridgehead atoms. The van der Waals surface area contributed by atoms with Crippen LogP contribution >= 0.6 is 23.1 Å². The number of nitrogens with one attached hydrogen (secondary N) is 1. The zero-order valence-electron chi connectivity index (χ0n) is 15.0. The van der Waals surface area contributed by atoms with E-state index in [1.807, 2.05) is 35.2 Å². The predicted molar refractivity (Wildman–Crippen MR) is 108 cm³/mol. The number of anilines is 1. The number of carbonyl (C=O) groups is 2. The summed E-state index contributed by atoms with van der Waals surface area (Å²) < 4.78 is 0.778. The van der Waals surface area contributed by atoms with Crippen LogP contribution in [0.3, 0.4) is 0 Å². The van der Waals surface area contributed by atoms with E-state index in [0.29, 0.717) is 11.7 Å². The Morgan fingerprint density at radius 2 is 1.96 bits per heavy atom. The second-order valence-electron chi connectivity index (χ2n) is 6.50. The average Bonchev–Trinajstić information content (AvgIpc) is 3.13. The number of hydrogen-bond acceptors (Lipinski definition) is 5. The first-order valence-corrected chi connectivity index (χ1v) is 10.8. The van der Waals surface area contributed by atoms with E-state index in [9.17, 15) is 9.59 Å². The number of nitrogens with zero attached hydrogens (tertiary/aromatic N) is 2. The summed E-state index contributed by atoms with van der Waals surface area (Å²) in [5.74, 6) is -0.886. The van der Waals surface area contributed by atoms with Crippen molar-refractivity contribution < 1.29 is 14.7 Å². The van der Waals surface area contributed by atoms with Crippen molar-refractivity contribution in [3.63, 3.8) is 0 Å². The first-order valence-electron chi connectivity index (χ1n) is 9.04. The Morgan fingerprint density at radius 1 is 1.22 bits per heavy atom. The molecule has 1 aliphatic rings. The Labute approximate surface area is 167 Å². The van der Waals surface area contributed by atoms with Crippen LogP contribution in [0.25, 0.3) is 0 Å². The SMILES string of the molecule is O=C(O)CSc1cnc(NC(=O)N(Cc2ccccc2)C2CCCCC2)s1. The molecule has 8 heteroatoms. The minimum absolute atomic E-state index is 0.0161. The van der Waals surface area contributed by atoms with Crippen molar-refractivity contribution in [2.75, 3.05) is 11.1 Å². The summed E-state index contributed by atoms with van der Waals surface area (Å²) in [6.07, 6.45) is 7.19. The highest BCUT2D eigenvalue weighted by Crippen LogP contribution is 2.29. The summed E-state index contributed by atoms with van der Waals surface area (Å²) >= 11 is 2.51. The molecule has 0 saturated heterocycles. The number of carbonyl (C=O) groups excluding carboxylic acids is 1. The summed E-state index contributed by atoms with van der Waals surface area (Å²) in [5.41, 5.74) is 1.11. The molecule has 1 heterocycles. The van der Waals surface area contributed by atoms with Crippen LogP contribution < -0.4 is 5.32 Å². The van der Waals surface area contributed by atoms with Crippen molar-refractivity contribution in [3.05, 3.63) is 42.1 Å². The first kappa shape index (κ1) is 19.7. The van der Waals surface area contributed by atoms with Crippen molar-refractivity contribution in [2.45, 2.75) is 48.9 Å². The van der Waals surface area contributed by atoms with E-state index in [1.54, 1.807) is 6.20 Å². The number of benzene rings is 1. The van der Waals surface area contributed by atoms with Gasteiger partial charge in [-0.3, -0.25) is 10.1 Å². The summed E-state index contributed by atoms with van der Waals surface area (Å²) in [6.45, 7) is 0.573. The molecule has 2 N–H and O–H groups in total. The zero-order valence-corrected chi connectivity index (χ0v) is 16.6. The first-order chi connectivity index (χ1) is 13.1. The van der Waals surface area contributed by atoms with Gasteiger partial charge < -0.3 is 10.0 Å². The van der Waals surface area contributed by atoms with Crippen molar-refractivity contribution in [3.8, 4) is 0 Å². The second-order valence-corrected chi connectivity index (χ2v) is 8.81. The fourth-order valence-corrected chi connectivity index (χ4v) is 4.80. The van der Waals surface area contributed by atoms with Gasteiger partial charge in [0.15, 0.2) is 5.13 Å². The molecule has 1 aliphatic carbocycles. The average molecular weight is 406 g/mol. The highest BCUT2D eigenvalue weighted by molar-refractivity contribution is 8.01. The number of carboxylic acids is 1. The molecule has 144 valence electrons. The molecule has 2 amide bonds. The Bertz CT molecular complexity index is 761. The van der Waals surface area contributed by atoms with E-state index in [1.165, 1.54) is 29.5 Å². The van der Waals surface area contributed by atoms with E-state index in [4.69, 9.17) is 5.11 Å². The molecule has 0 aliphatic heterocycles. The number of thioether (sulfide) groups is 1. The molecule has 27 heavy (non-hydrogen) atoms. The topological polar surface area (TPSA) is 82.5 Å². The molecule has 1 aromatic heterocycles. The number of rotatable bonds is 7. The van der Waals surface area contributed by atoms with Gasteiger partial charge in [-0.15, -0.1) is 11.8 Å². The van der Waals surface area contributed by atoms with E-state index in [0.717, 1.165) is 35.5 Å². The highest BCUT2D eigenvalue weighted by Gasteiger charge is 2.26. The van der Waals surface area contributed by atoms with Crippen LogP contribution in [0, 0.1) is 0 Å². The minimum Gasteiger partial charge on any atom is -0.481 e. The predicted octanol–water partition coefficient (Wildman–Crippen LogP) is 4.69. The maximum atomic E-state index is 13.0. The maximum absolute atomic E-state index is 13.0. The molecule has 2 aromatic rings. The van der Waals surface area contributed by atoms with Crippen molar-refractivity contribution in [1.82, 2.24) is 9.88 Å². The standard InChI is InChI=1S/C19H23N3O3S2/c23-16(24)13-26-17-11-20-18(27-17)21-19(25)22(15-9-5-2-6-10-15)12-14-7-3-1-4-8-14/h1,3-4,7-8,11,15H,2,5-6,9-10,12-13H2,(H,23,24)(H,20,21,25). The minimum atomic E-state index is -0.870. The van der Waals surface area contributed by atoms with Gasteiger partial charge >= 0.3 is 12.0 Å². The Kier molecular flexibility index (Phi) is 7.11. The van der Waals surface area contributed by atoms with E-state index in [2.05, 4.69) is 10.3 Å². The van der Waals surface area contributed by atoms with Crippen LogP contribution in [0.5, 0.6) is 0 Å². The number of urea groups is 1. The van der Waals surface area contributed by atoms with E-state index >= 15 is 0 Å². The number of thiazole rings is 1. The van der Waals surface area contributed by atoms with Crippen molar-refractivity contribution in [1.29, 1.82) is 0 Å². The molecular formula is C19H23N3O3S2. The van der Waals surface area contributed by atoms with Gasteiger partial charge in [-0.1, -0.05) is 60.9 Å². The van der Waals surface area contributed by atoms with Gasteiger partial charge in [0.05, 0.1) is 16.2 Å². The van der Waals surface area contributed by atoms with Gasteiger partial charge in [-0.2, -0.15) is 0 Å². The van der Waals surface area contributed by atoms with Crippen LogP contribution in [-0.2, 0) is 11.3 Å². The van der Waals surface area contributed by atoms with Gasteiger partial charge in [0.1, 0.15) is 0 Å². The largest absolute Gasteiger partial charge is 0.481 e. The van der Waals surface area contributed by atoms with Crippen LogP contribution in [0.1, 0.15) is 37.7 Å². The molecule has 6 nitrogen and oxygen atoms in total. The number of carboxylic acid groups (broad SMARTS) is 1. The Balaban J connectivity index is 1.67. The number of aliphatic carboxylic acids is 1. The lowest BCUT2D eigenvalue weighted by Crippen LogP contribution is -2.43. The molecular weight excluding hydrogens is 382 g/mol. The lowest BCUT2D eigenvalue weighted by atomic mass is 9.94. The number of aromatic nitrogens is 1. The van der Waals surface area contributed by atoms with Gasteiger partial charge in [-0.25, -0.2) is 9.78 Å². The molecule has 0 spiro atoms. The summed E-state index contributed by atoms with van der Waals surface area (Å²) in [4.78, 5) is 29.8. The summed E-state index contributed by atoms with van der Waals surface area (Å²) in [5, 5.41) is 12.2. The normalized spacial score (nSPS) is 14.7. The fourth-order valence-electron chi connectivity index (χ4n) is 3.22. The van der Waals surface area contributed by atoms with Crippen molar-refractivity contribution >= 4 is 40.2 Å². The molecule has 0 radical (unpaired) electrons. The lowest BCUT2D eigenvalue weighted by Gasteiger charge is -2.34. The highest BCUT2D eigenvalue weighted by atomic mass is 32.2. The van der Waals surface area contributed by atoms with E-state index in [-0.39, 0.29) is 17.8 Å². The van der Waals surface area contributed by atoms with Crippen LogP contribution in [0.15, 0.2) is 40.7 Å². The van der Waals surface area contributed by atoms with Crippen LogP contribution in [0.2, 0.25) is 0 Å². The molecule has 1 fully saturated rings. The Morgan fingerprint density at radius 3 is 2.67 bits per heavy atom. The van der Waals surface area contributed by atoms with Gasteiger partial charge in [-0.05, 0) is 18.4 Å². The number of hydrogen-bond donors (Lipinski definition) is 2. The third kappa shape index (κ3) is 5.97. The Hall–Kier alpha value is -2.06. The third-order valence-corrected chi connectivity index (χ3v) is 6.60. The van der Waals surface area contributed by atoms with Crippen LogP contribution in [-0.4, -0.2) is 38.8 Å². The fraction of sp³-hybridized carbons (Fsp3) is 0.421. The maximum Gasteiger partial charge on any atom is 0.324 e. The molecule has 3 rings (SSSR count). The second kappa shape index (κ2) is 9.75. The zero-order chi connectivity index (χ0) is 19.1. The molecule has 1 aromatic carbocycles. The van der Waals surface area contributed by atoms with Gasteiger partial charge in [0.25, 0.3) is 0 Å². The summed E-state index contributed by atoms with van der Waals surface area (Å²) in [7, 11) is 0. The summed E-state index contributed by atoms with van der Waals surface area (Å²) in [6, 6.07) is 10.1. The quantitative estimate of drug-likeness (QED) is 0.653. The molecule has 1 saturated carbocycles. The van der Waals surface area contributed by atoms with Crippen LogP contribution in [0.4, 0.5) is 9.93 Å². The molecule has 0 unspecified atom stereocenters. The van der Waals surface area contributed by atoms with Gasteiger partial charge in [0, 0.05) is 12.6 Å². The molecule has 0 atom stereocenters. The van der Waals surface area contributed by atoms with E-state index < -0.39 is 5.97 Å².